The van der Waals surface area contributed by atoms with Gasteiger partial charge in [0.15, 0.2) is 0 Å². The molecule has 1 atom stereocenters. The second-order valence-electron chi connectivity index (χ2n) is 4.82. The van der Waals surface area contributed by atoms with E-state index in [0.717, 1.165) is 15.2 Å². The van der Waals surface area contributed by atoms with Gasteiger partial charge < -0.3 is 5.32 Å². The van der Waals surface area contributed by atoms with E-state index in [0.29, 0.717) is 10.6 Å². The Morgan fingerprint density at radius 1 is 1.22 bits per heavy atom. The molecule has 0 radical (unpaired) electrons. The normalized spacial score (nSPS) is 12.6. The third-order valence-corrected chi connectivity index (χ3v) is 5.04. The molecule has 116 valence electrons. The van der Waals surface area contributed by atoms with E-state index in [1.807, 2.05) is 24.3 Å². The zero-order valence-corrected chi connectivity index (χ0v) is 14.0. The summed E-state index contributed by atoms with van der Waals surface area (Å²) in [6.07, 6.45) is 4.75. The van der Waals surface area contributed by atoms with E-state index >= 15 is 0 Å². The Morgan fingerprint density at radius 3 is 2.83 bits per heavy atom. The highest BCUT2D eigenvalue weighted by Crippen LogP contribution is 2.22. The van der Waals surface area contributed by atoms with Gasteiger partial charge in [-0.25, -0.2) is 4.98 Å². The van der Waals surface area contributed by atoms with Gasteiger partial charge in [-0.1, -0.05) is 18.2 Å². The zero-order chi connectivity index (χ0) is 16.2. The molecule has 0 spiro atoms. The summed E-state index contributed by atoms with van der Waals surface area (Å²) in [6.45, 7) is 0. The Balaban J connectivity index is 1.71. The first-order valence-corrected chi connectivity index (χ1v) is 9.27. The van der Waals surface area contributed by atoms with Crippen LogP contribution in [0, 0.1) is 0 Å². The van der Waals surface area contributed by atoms with E-state index in [1.54, 1.807) is 36.6 Å². The molecule has 4 nitrogen and oxygen atoms in total. The fourth-order valence-corrected chi connectivity index (χ4v) is 3.48. The topological polar surface area (TPSA) is 59.1 Å². The Kier molecular flexibility index (Phi) is 4.64. The number of benzene rings is 2. The van der Waals surface area contributed by atoms with Crippen LogP contribution in [0.15, 0.2) is 59.5 Å². The van der Waals surface area contributed by atoms with Gasteiger partial charge in [-0.3, -0.25) is 9.00 Å². The van der Waals surface area contributed by atoms with Crippen LogP contribution in [0.5, 0.6) is 0 Å². The maximum Gasteiger partial charge on any atom is 0.248 e. The maximum atomic E-state index is 12.0. The highest BCUT2D eigenvalue weighted by Gasteiger charge is 2.03. The lowest BCUT2D eigenvalue weighted by molar-refractivity contribution is -0.111. The lowest BCUT2D eigenvalue weighted by atomic mass is 10.3. The van der Waals surface area contributed by atoms with Gasteiger partial charge in [-0.15, -0.1) is 11.3 Å². The lowest BCUT2D eigenvalue weighted by Crippen LogP contribution is -2.07. The average Bonchev–Trinajstić information content (AvgIpc) is 2.96. The molecular weight excluding hydrogens is 328 g/mol. The van der Waals surface area contributed by atoms with Crippen molar-refractivity contribution in [3.63, 3.8) is 0 Å². The molecule has 0 saturated heterocycles. The summed E-state index contributed by atoms with van der Waals surface area (Å²) >= 11 is 1.53. The predicted octanol–water partition coefficient (Wildman–Crippen LogP) is 3.69. The molecule has 0 saturated carbocycles. The summed E-state index contributed by atoms with van der Waals surface area (Å²) in [5, 5.41) is 3.54. The summed E-state index contributed by atoms with van der Waals surface area (Å²) in [7, 11) is -1.07. The van der Waals surface area contributed by atoms with Crippen molar-refractivity contribution in [3.05, 3.63) is 59.6 Å². The first-order valence-electron chi connectivity index (χ1n) is 6.90. The molecule has 0 aliphatic carbocycles. The number of nitrogens with zero attached hydrogens (tertiary/aromatic N) is 1. The number of aromatic nitrogens is 1. The van der Waals surface area contributed by atoms with Crippen LogP contribution in [0.25, 0.3) is 16.3 Å². The molecule has 2 aromatic carbocycles. The van der Waals surface area contributed by atoms with E-state index in [2.05, 4.69) is 10.3 Å². The fraction of sp³-hybridized carbons (Fsp3) is 0.0588. The number of thiazole rings is 1. The van der Waals surface area contributed by atoms with Crippen molar-refractivity contribution in [2.75, 3.05) is 11.6 Å². The van der Waals surface area contributed by atoms with Crippen LogP contribution >= 0.6 is 11.3 Å². The van der Waals surface area contributed by atoms with Crippen molar-refractivity contribution >= 4 is 50.0 Å². The van der Waals surface area contributed by atoms with E-state index in [1.165, 1.54) is 17.4 Å². The minimum atomic E-state index is -1.07. The van der Waals surface area contributed by atoms with E-state index in [-0.39, 0.29) is 5.91 Å². The van der Waals surface area contributed by atoms with Gasteiger partial charge in [0, 0.05) is 33.7 Å². The number of carbonyl (C=O) groups is 1. The molecule has 0 bridgehead atoms. The average molecular weight is 342 g/mol. The summed E-state index contributed by atoms with van der Waals surface area (Å²) in [6, 6.07) is 14.9. The summed E-state index contributed by atoms with van der Waals surface area (Å²) in [5.74, 6) is -0.247. The third kappa shape index (κ3) is 3.91. The highest BCUT2D eigenvalue weighted by atomic mass is 32.2. The fourth-order valence-electron chi connectivity index (χ4n) is 2.04. The van der Waals surface area contributed by atoms with Crippen molar-refractivity contribution < 1.29 is 9.00 Å². The largest absolute Gasteiger partial charge is 0.322 e. The smallest absolute Gasteiger partial charge is 0.248 e. The number of anilines is 1. The minimum Gasteiger partial charge on any atom is -0.322 e. The van der Waals surface area contributed by atoms with E-state index in [9.17, 15) is 9.00 Å². The minimum absolute atomic E-state index is 0.247. The second kappa shape index (κ2) is 6.85. The molecular formula is C17H14N2O2S2. The second-order valence-corrected chi connectivity index (χ2v) is 7.27. The van der Waals surface area contributed by atoms with E-state index < -0.39 is 10.8 Å². The molecule has 3 rings (SSSR count). The molecule has 1 aromatic heterocycles. The Labute approximate surface area is 140 Å². The molecule has 0 fully saturated rings. The molecule has 6 heteroatoms. The van der Waals surface area contributed by atoms with E-state index in [4.69, 9.17) is 0 Å². The van der Waals surface area contributed by atoms with Crippen LogP contribution < -0.4 is 5.32 Å². The number of carbonyl (C=O) groups excluding carboxylic acids is 1. The Hall–Kier alpha value is -2.31. The van der Waals surface area contributed by atoms with Crippen molar-refractivity contribution in [3.8, 4) is 0 Å². The molecule has 0 unspecified atom stereocenters. The number of hydrogen-bond acceptors (Lipinski definition) is 4. The number of nitrogens with one attached hydrogen (secondary N) is 1. The molecule has 0 aliphatic heterocycles. The zero-order valence-electron chi connectivity index (χ0n) is 12.4. The number of fused-ring (bicyclic) bond motifs is 1. The number of rotatable bonds is 4. The number of para-hydroxylation sites is 1. The first-order chi connectivity index (χ1) is 11.1. The Morgan fingerprint density at radius 2 is 2.04 bits per heavy atom. The molecule has 0 aliphatic rings. The third-order valence-electron chi connectivity index (χ3n) is 3.12. The van der Waals surface area contributed by atoms with Crippen LogP contribution in [-0.4, -0.2) is 21.4 Å². The molecule has 3 aromatic rings. The van der Waals surface area contributed by atoms with Crippen LogP contribution in [0.3, 0.4) is 0 Å². The summed E-state index contributed by atoms with van der Waals surface area (Å²) < 4.78 is 12.5. The van der Waals surface area contributed by atoms with Crippen LogP contribution in [0.1, 0.15) is 5.01 Å². The molecule has 1 amide bonds. The van der Waals surface area contributed by atoms with Gasteiger partial charge in [-0.2, -0.15) is 0 Å². The first kappa shape index (κ1) is 15.6. The molecule has 1 N–H and O–H groups in total. The van der Waals surface area contributed by atoms with Crippen LogP contribution in [-0.2, 0) is 15.6 Å². The Bertz CT molecular complexity index is 883. The quantitative estimate of drug-likeness (QED) is 0.736. The van der Waals surface area contributed by atoms with Crippen molar-refractivity contribution in [2.24, 2.45) is 0 Å². The number of amides is 1. The van der Waals surface area contributed by atoms with Crippen molar-refractivity contribution in [1.29, 1.82) is 0 Å². The van der Waals surface area contributed by atoms with Gasteiger partial charge in [0.1, 0.15) is 5.01 Å². The SMILES string of the molecule is C[S@@](=O)c1cccc(NC(=O)/C=C/c2nc3ccccc3s2)c1. The summed E-state index contributed by atoms with van der Waals surface area (Å²) in [5.41, 5.74) is 1.55. The van der Waals surface area contributed by atoms with Crippen LogP contribution in [0.4, 0.5) is 5.69 Å². The van der Waals surface area contributed by atoms with Gasteiger partial charge in [0.2, 0.25) is 5.91 Å². The molecule has 23 heavy (non-hydrogen) atoms. The van der Waals surface area contributed by atoms with Gasteiger partial charge in [-0.05, 0) is 36.4 Å². The summed E-state index contributed by atoms with van der Waals surface area (Å²) in [4.78, 5) is 17.1. The standard InChI is InChI=1S/C17H14N2O2S2/c1-23(21)13-6-4-5-12(11-13)18-16(20)9-10-17-19-14-7-2-3-8-15(14)22-17/h2-11H,1H3,(H,18,20)/b10-9+/t23-/m1/s1. The van der Waals surface area contributed by atoms with Gasteiger partial charge in [0.25, 0.3) is 0 Å². The van der Waals surface area contributed by atoms with Crippen molar-refractivity contribution in [1.82, 2.24) is 4.98 Å². The van der Waals surface area contributed by atoms with Crippen molar-refractivity contribution in [2.45, 2.75) is 4.90 Å². The lowest BCUT2D eigenvalue weighted by Gasteiger charge is -2.03. The van der Waals surface area contributed by atoms with Gasteiger partial charge in [0.05, 0.1) is 10.2 Å². The highest BCUT2D eigenvalue weighted by molar-refractivity contribution is 7.84. The predicted molar refractivity (Wildman–Crippen MR) is 96.1 cm³/mol. The molecule has 1 heterocycles. The monoisotopic (exact) mass is 342 g/mol. The van der Waals surface area contributed by atoms with Crippen LogP contribution in [0.2, 0.25) is 0 Å². The maximum absolute atomic E-state index is 12.0. The van der Waals surface area contributed by atoms with Gasteiger partial charge >= 0.3 is 0 Å². The number of hydrogen-bond donors (Lipinski definition) is 1.